The van der Waals surface area contributed by atoms with Crippen molar-refractivity contribution in [3.8, 4) is 0 Å². The van der Waals surface area contributed by atoms with E-state index in [0.29, 0.717) is 10.2 Å². The number of nitrogens with one attached hydrogen (secondary N) is 3. The van der Waals surface area contributed by atoms with E-state index in [-0.39, 0.29) is 11.9 Å². The van der Waals surface area contributed by atoms with Gasteiger partial charge >= 0.3 is 6.03 Å². The van der Waals surface area contributed by atoms with Crippen molar-refractivity contribution in [3.63, 3.8) is 0 Å². The molecule has 2 aromatic rings. The molecule has 1 aliphatic carbocycles. The monoisotopic (exact) mass is 338 g/mol. The molecule has 0 aliphatic heterocycles. The van der Waals surface area contributed by atoms with E-state index < -0.39 is 11.3 Å². The second-order valence-corrected chi connectivity index (χ2v) is 6.97. The molecular weight excluding hydrogens is 324 g/mol. The Hall–Kier alpha value is -1.73. The van der Waals surface area contributed by atoms with Crippen LogP contribution in [0.2, 0.25) is 5.02 Å². The fraction of sp³-hybridized carbons (Fsp3) is 0.357. The Balaban J connectivity index is 1.60. The Morgan fingerprint density at radius 2 is 2.23 bits per heavy atom. The molecule has 0 saturated heterocycles. The van der Waals surface area contributed by atoms with Gasteiger partial charge in [0.1, 0.15) is 0 Å². The summed E-state index contributed by atoms with van der Waals surface area (Å²) >= 11 is 7.18. The normalized spacial score (nSPS) is 15.5. The minimum absolute atomic E-state index is 0.218. The number of hydrogen-bond acceptors (Lipinski definition) is 4. The number of imide groups is 1. The average Bonchev–Trinajstić information content (AvgIpc) is 3.16. The highest BCUT2D eigenvalue weighted by molar-refractivity contribution is 8.00. The molecule has 1 aromatic carbocycles. The van der Waals surface area contributed by atoms with E-state index in [1.165, 1.54) is 11.8 Å². The Morgan fingerprint density at radius 1 is 1.45 bits per heavy atom. The molecule has 1 saturated carbocycles. The van der Waals surface area contributed by atoms with Crippen LogP contribution in [0.25, 0.3) is 11.0 Å². The van der Waals surface area contributed by atoms with E-state index in [1.807, 2.05) is 6.07 Å². The number of thioether (sulfide) groups is 1. The van der Waals surface area contributed by atoms with E-state index >= 15 is 0 Å². The minimum atomic E-state index is -0.444. The van der Waals surface area contributed by atoms with Crippen LogP contribution in [0.15, 0.2) is 23.4 Å². The van der Waals surface area contributed by atoms with Gasteiger partial charge in [-0.1, -0.05) is 23.4 Å². The summed E-state index contributed by atoms with van der Waals surface area (Å²) in [7, 11) is 0. The largest absolute Gasteiger partial charge is 0.335 e. The lowest BCUT2D eigenvalue weighted by Gasteiger charge is -2.10. The fourth-order valence-electron chi connectivity index (χ4n) is 1.90. The van der Waals surface area contributed by atoms with Gasteiger partial charge in [-0.3, -0.25) is 10.1 Å². The number of aromatic amines is 1. The summed E-state index contributed by atoms with van der Waals surface area (Å²) in [4.78, 5) is 31.0. The fourth-order valence-corrected chi connectivity index (χ4v) is 2.89. The molecule has 1 heterocycles. The number of H-pyrrole nitrogens is 1. The van der Waals surface area contributed by atoms with Crippen LogP contribution in [0.3, 0.4) is 0 Å². The van der Waals surface area contributed by atoms with Crippen molar-refractivity contribution in [2.45, 2.75) is 36.2 Å². The predicted octanol–water partition coefficient (Wildman–Crippen LogP) is 2.69. The first-order chi connectivity index (χ1) is 10.5. The number of hydrogen-bond donors (Lipinski definition) is 3. The van der Waals surface area contributed by atoms with Crippen LogP contribution in [-0.4, -0.2) is 33.2 Å². The van der Waals surface area contributed by atoms with Gasteiger partial charge in [0.05, 0.1) is 16.3 Å². The lowest BCUT2D eigenvalue weighted by Crippen LogP contribution is -2.43. The van der Waals surface area contributed by atoms with Gasteiger partial charge in [-0.15, -0.1) is 0 Å². The van der Waals surface area contributed by atoms with Gasteiger partial charge in [-0.25, -0.2) is 9.78 Å². The second-order valence-electron chi connectivity index (χ2n) is 5.20. The van der Waals surface area contributed by atoms with Crippen LogP contribution in [0.4, 0.5) is 4.79 Å². The lowest BCUT2D eigenvalue weighted by atomic mass is 10.3. The van der Waals surface area contributed by atoms with E-state index in [4.69, 9.17) is 11.6 Å². The summed E-state index contributed by atoms with van der Waals surface area (Å²) in [6, 6.07) is 5.14. The zero-order valence-corrected chi connectivity index (χ0v) is 13.4. The van der Waals surface area contributed by atoms with Crippen molar-refractivity contribution in [2.24, 2.45) is 0 Å². The molecule has 1 aliphatic rings. The molecule has 8 heteroatoms. The zero-order valence-electron chi connectivity index (χ0n) is 11.9. The van der Waals surface area contributed by atoms with Crippen LogP contribution >= 0.6 is 23.4 Å². The Kier molecular flexibility index (Phi) is 4.26. The van der Waals surface area contributed by atoms with Gasteiger partial charge in [-0.05, 0) is 38.0 Å². The number of fused-ring (bicyclic) bond motifs is 1. The van der Waals surface area contributed by atoms with Crippen molar-refractivity contribution in [2.75, 3.05) is 0 Å². The molecule has 1 fully saturated rings. The number of carbonyl (C=O) groups is 2. The molecule has 3 amide bonds. The maximum atomic E-state index is 12.0. The van der Waals surface area contributed by atoms with E-state index in [9.17, 15) is 9.59 Å². The summed E-state index contributed by atoms with van der Waals surface area (Å²) < 4.78 is 0. The molecule has 1 unspecified atom stereocenters. The van der Waals surface area contributed by atoms with Crippen molar-refractivity contribution in [1.29, 1.82) is 0 Å². The molecule has 3 N–H and O–H groups in total. The number of rotatable bonds is 4. The van der Waals surface area contributed by atoms with Gasteiger partial charge < -0.3 is 10.3 Å². The Bertz CT molecular complexity index is 729. The highest BCUT2D eigenvalue weighted by atomic mass is 35.5. The molecule has 0 spiro atoms. The van der Waals surface area contributed by atoms with Crippen LogP contribution in [-0.2, 0) is 4.79 Å². The van der Waals surface area contributed by atoms with Crippen molar-refractivity contribution >= 4 is 46.3 Å². The average molecular weight is 339 g/mol. The molecule has 1 atom stereocenters. The number of imidazole rings is 1. The Morgan fingerprint density at radius 3 is 2.95 bits per heavy atom. The van der Waals surface area contributed by atoms with Crippen LogP contribution in [0.5, 0.6) is 0 Å². The first-order valence-electron chi connectivity index (χ1n) is 6.94. The number of nitrogens with zero attached hydrogens (tertiary/aromatic N) is 1. The quantitative estimate of drug-likeness (QED) is 0.748. The molecule has 22 heavy (non-hydrogen) atoms. The predicted molar refractivity (Wildman–Crippen MR) is 86.1 cm³/mol. The van der Waals surface area contributed by atoms with Gasteiger partial charge in [0.2, 0.25) is 5.91 Å². The molecule has 6 nitrogen and oxygen atoms in total. The summed E-state index contributed by atoms with van der Waals surface area (Å²) in [5, 5.41) is 5.85. The maximum absolute atomic E-state index is 12.0. The summed E-state index contributed by atoms with van der Waals surface area (Å²) in [6.45, 7) is 1.73. The number of urea groups is 1. The summed E-state index contributed by atoms with van der Waals surface area (Å²) in [5.74, 6) is -0.346. The van der Waals surface area contributed by atoms with E-state index in [0.717, 1.165) is 23.9 Å². The lowest BCUT2D eigenvalue weighted by molar-refractivity contribution is -0.119. The van der Waals surface area contributed by atoms with Crippen molar-refractivity contribution < 1.29 is 9.59 Å². The summed E-state index contributed by atoms with van der Waals surface area (Å²) in [5.41, 5.74) is 1.60. The zero-order chi connectivity index (χ0) is 15.7. The van der Waals surface area contributed by atoms with Crippen molar-refractivity contribution in [3.05, 3.63) is 23.2 Å². The van der Waals surface area contributed by atoms with Gasteiger partial charge in [0, 0.05) is 11.1 Å². The molecule has 3 rings (SSSR count). The number of benzene rings is 1. The molecular formula is C14H15ClN4O2S. The third-order valence-corrected chi connectivity index (χ3v) is 4.45. The number of carbonyl (C=O) groups excluding carboxylic acids is 2. The standard InChI is InChI=1S/C14H15ClN4O2S/c1-7(12(20)19-13(21)16-9-3-4-9)22-14-17-10-5-2-8(15)6-11(10)18-14/h2,5-7,9H,3-4H2,1H3,(H,17,18)(H2,16,19,20,21). The number of aromatic nitrogens is 2. The second kappa shape index (κ2) is 6.18. The van der Waals surface area contributed by atoms with Gasteiger partial charge in [0.15, 0.2) is 5.16 Å². The SMILES string of the molecule is CC(Sc1nc2ccc(Cl)cc2[nH]1)C(=O)NC(=O)NC1CC1. The molecule has 0 radical (unpaired) electrons. The first-order valence-corrected chi connectivity index (χ1v) is 8.20. The van der Waals surface area contributed by atoms with Crippen LogP contribution in [0.1, 0.15) is 19.8 Å². The number of halogens is 1. The Labute approximate surface area is 136 Å². The topological polar surface area (TPSA) is 86.9 Å². The maximum Gasteiger partial charge on any atom is 0.321 e. The van der Waals surface area contributed by atoms with Gasteiger partial charge in [0.25, 0.3) is 0 Å². The van der Waals surface area contributed by atoms with Crippen LogP contribution in [0, 0.1) is 0 Å². The minimum Gasteiger partial charge on any atom is -0.335 e. The highest BCUT2D eigenvalue weighted by Gasteiger charge is 2.25. The third-order valence-electron chi connectivity index (χ3n) is 3.23. The van der Waals surface area contributed by atoms with Crippen LogP contribution < -0.4 is 10.6 Å². The number of amides is 3. The van der Waals surface area contributed by atoms with Gasteiger partial charge in [-0.2, -0.15) is 0 Å². The first kappa shape index (κ1) is 15.2. The molecule has 116 valence electrons. The van der Waals surface area contributed by atoms with E-state index in [1.54, 1.807) is 19.1 Å². The molecule has 1 aromatic heterocycles. The van der Waals surface area contributed by atoms with Crippen molar-refractivity contribution in [1.82, 2.24) is 20.6 Å². The smallest absolute Gasteiger partial charge is 0.321 e. The van der Waals surface area contributed by atoms with E-state index in [2.05, 4.69) is 20.6 Å². The highest BCUT2D eigenvalue weighted by Crippen LogP contribution is 2.25. The summed E-state index contributed by atoms with van der Waals surface area (Å²) in [6.07, 6.45) is 1.96. The molecule has 0 bridgehead atoms. The third kappa shape index (κ3) is 3.72.